The van der Waals surface area contributed by atoms with Crippen LogP contribution in [-0.2, 0) is 4.79 Å². The number of aromatic nitrogens is 2. The molecule has 2 aromatic carbocycles. The molecule has 0 unspecified atom stereocenters. The second kappa shape index (κ2) is 6.44. The standard InChI is InChI=1S/C19H16N2O5/c1-11(18(24)25)20-16-6-4-3-5-15(16)17(23)21(19(20)26)14-9-7-13(8-10-14)12(2)22/h3-11H,1-2H3,(H,24,25)/p-1/t11-/m0/s1. The number of carbonyl (C=O) groups excluding carboxylic acids is 2. The summed E-state index contributed by atoms with van der Waals surface area (Å²) in [5.41, 5.74) is -0.458. The Kier molecular flexibility index (Phi) is 4.29. The average molecular weight is 351 g/mol. The number of carbonyl (C=O) groups is 2. The van der Waals surface area contributed by atoms with Crippen LogP contribution in [0.15, 0.2) is 58.1 Å². The molecule has 3 aromatic rings. The van der Waals surface area contributed by atoms with E-state index in [2.05, 4.69) is 0 Å². The van der Waals surface area contributed by atoms with Gasteiger partial charge in [0.2, 0.25) is 0 Å². The summed E-state index contributed by atoms with van der Waals surface area (Å²) in [5.74, 6) is -1.58. The Morgan fingerprint density at radius 3 is 2.19 bits per heavy atom. The number of nitrogens with zero attached hydrogens (tertiary/aromatic N) is 2. The number of fused-ring (bicyclic) bond motifs is 1. The maximum absolute atomic E-state index is 12.9. The number of aliphatic carboxylic acids is 1. The first-order chi connectivity index (χ1) is 12.3. The maximum Gasteiger partial charge on any atom is 0.336 e. The van der Waals surface area contributed by atoms with E-state index in [0.29, 0.717) is 5.56 Å². The van der Waals surface area contributed by atoms with Crippen molar-refractivity contribution in [2.45, 2.75) is 19.9 Å². The van der Waals surface area contributed by atoms with Crippen molar-refractivity contribution < 1.29 is 14.7 Å². The van der Waals surface area contributed by atoms with Crippen molar-refractivity contribution in [1.82, 2.24) is 9.13 Å². The quantitative estimate of drug-likeness (QED) is 0.643. The predicted octanol–water partition coefficient (Wildman–Crippen LogP) is 0.666. The summed E-state index contributed by atoms with van der Waals surface area (Å²) >= 11 is 0. The number of carboxylic acids is 1. The van der Waals surface area contributed by atoms with Crippen LogP contribution >= 0.6 is 0 Å². The van der Waals surface area contributed by atoms with E-state index in [-0.39, 0.29) is 22.4 Å². The Labute approximate surface area is 147 Å². The largest absolute Gasteiger partial charge is 0.548 e. The van der Waals surface area contributed by atoms with Crippen molar-refractivity contribution in [2.24, 2.45) is 0 Å². The zero-order valence-electron chi connectivity index (χ0n) is 14.1. The zero-order chi connectivity index (χ0) is 19.0. The fourth-order valence-electron chi connectivity index (χ4n) is 2.84. The Balaban J connectivity index is 2.39. The third kappa shape index (κ3) is 2.73. The molecule has 0 spiro atoms. The van der Waals surface area contributed by atoms with Crippen LogP contribution in [0.5, 0.6) is 0 Å². The highest BCUT2D eigenvalue weighted by Gasteiger charge is 2.18. The molecule has 1 atom stereocenters. The molecule has 0 aliphatic heterocycles. The molecule has 1 aromatic heterocycles. The van der Waals surface area contributed by atoms with Crippen LogP contribution in [0.4, 0.5) is 0 Å². The number of hydrogen-bond acceptors (Lipinski definition) is 5. The summed E-state index contributed by atoms with van der Waals surface area (Å²) in [5, 5.41) is 11.6. The average Bonchev–Trinajstić information content (AvgIpc) is 2.62. The van der Waals surface area contributed by atoms with Gasteiger partial charge in [-0.25, -0.2) is 9.36 Å². The summed E-state index contributed by atoms with van der Waals surface area (Å²) in [4.78, 5) is 48.5. The SMILES string of the molecule is CC(=O)c1ccc(-n2c(=O)c3ccccc3n([C@@H](C)C(=O)[O-])c2=O)cc1. The number of rotatable bonds is 4. The van der Waals surface area contributed by atoms with Gasteiger partial charge in [0.25, 0.3) is 5.56 Å². The lowest BCUT2D eigenvalue weighted by Crippen LogP contribution is -2.44. The molecule has 7 nitrogen and oxygen atoms in total. The normalized spacial score (nSPS) is 12.1. The lowest BCUT2D eigenvalue weighted by molar-refractivity contribution is -0.309. The third-order valence-electron chi connectivity index (χ3n) is 4.25. The van der Waals surface area contributed by atoms with Crippen molar-refractivity contribution in [3.63, 3.8) is 0 Å². The minimum atomic E-state index is -1.44. The van der Waals surface area contributed by atoms with Gasteiger partial charge in [-0.3, -0.25) is 14.2 Å². The van der Waals surface area contributed by atoms with E-state index in [9.17, 15) is 24.3 Å². The van der Waals surface area contributed by atoms with E-state index in [1.165, 1.54) is 50.2 Å². The van der Waals surface area contributed by atoms with Crippen molar-refractivity contribution in [1.29, 1.82) is 0 Å². The number of ketones is 1. The molecule has 0 N–H and O–H groups in total. The van der Waals surface area contributed by atoms with Gasteiger partial charge in [-0.15, -0.1) is 0 Å². The van der Waals surface area contributed by atoms with Gasteiger partial charge in [0.05, 0.1) is 28.6 Å². The van der Waals surface area contributed by atoms with Crippen molar-refractivity contribution in [3.05, 3.63) is 74.9 Å². The highest BCUT2D eigenvalue weighted by molar-refractivity contribution is 5.94. The minimum Gasteiger partial charge on any atom is -0.548 e. The monoisotopic (exact) mass is 351 g/mol. The van der Waals surface area contributed by atoms with Gasteiger partial charge in [-0.2, -0.15) is 0 Å². The topological polar surface area (TPSA) is 101 Å². The van der Waals surface area contributed by atoms with E-state index in [4.69, 9.17) is 0 Å². The molecule has 26 heavy (non-hydrogen) atoms. The van der Waals surface area contributed by atoms with Gasteiger partial charge in [0.15, 0.2) is 5.78 Å². The van der Waals surface area contributed by atoms with Crippen LogP contribution in [0, 0.1) is 0 Å². The highest BCUT2D eigenvalue weighted by Crippen LogP contribution is 2.15. The first-order valence-electron chi connectivity index (χ1n) is 7.91. The molecular weight excluding hydrogens is 336 g/mol. The molecule has 0 saturated carbocycles. The molecule has 1 heterocycles. The summed E-state index contributed by atoms with van der Waals surface area (Å²) in [6.45, 7) is 2.72. The van der Waals surface area contributed by atoms with Gasteiger partial charge >= 0.3 is 5.69 Å². The molecule has 132 valence electrons. The Morgan fingerprint density at radius 2 is 1.62 bits per heavy atom. The molecule has 0 saturated heterocycles. The maximum atomic E-state index is 12.9. The van der Waals surface area contributed by atoms with Crippen LogP contribution in [-0.4, -0.2) is 20.9 Å². The lowest BCUT2D eigenvalue weighted by Gasteiger charge is -2.20. The molecule has 0 aliphatic rings. The summed E-state index contributed by atoms with van der Waals surface area (Å²) in [6.07, 6.45) is 0. The predicted molar refractivity (Wildman–Crippen MR) is 93.5 cm³/mol. The highest BCUT2D eigenvalue weighted by atomic mass is 16.4. The Bertz CT molecular complexity index is 1140. The number of para-hydroxylation sites is 1. The number of hydrogen-bond donors (Lipinski definition) is 0. The first kappa shape index (κ1) is 17.3. The molecule has 7 heteroatoms. The van der Waals surface area contributed by atoms with Crippen LogP contribution in [0.1, 0.15) is 30.2 Å². The summed E-state index contributed by atoms with van der Waals surface area (Å²) < 4.78 is 1.91. The van der Waals surface area contributed by atoms with E-state index < -0.39 is 23.3 Å². The molecule has 0 aliphatic carbocycles. The molecule has 0 radical (unpaired) electrons. The number of Topliss-reactive ketones (excluding diaryl/α,β-unsaturated/α-hetero) is 1. The fourth-order valence-corrected chi connectivity index (χ4v) is 2.84. The van der Waals surface area contributed by atoms with Crippen molar-refractivity contribution in [2.75, 3.05) is 0 Å². The molecule has 0 bridgehead atoms. The summed E-state index contributed by atoms with van der Waals surface area (Å²) in [7, 11) is 0. The Morgan fingerprint density at radius 1 is 1.00 bits per heavy atom. The molecule has 0 fully saturated rings. The van der Waals surface area contributed by atoms with Gasteiger partial charge in [0, 0.05) is 5.56 Å². The van der Waals surface area contributed by atoms with Crippen molar-refractivity contribution in [3.8, 4) is 5.69 Å². The minimum absolute atomic E-state index is 0.148. The van der Waals surface area contributed by atoms with Gasteiger partial charge < -0.3 is 9.90 Å². The van der Waals surface area contributed by atoms with Crippen LogP contribution in [0.25, 0.3) is 16.6 Å². The fraction of sp³-hybridized carbons (Fsp3) is 0.158. The van der Waals surface area contributed by atoms with Crippen molar-refractivity contribution >= 4 is 22.7 Å². The number of benzene rings is 2. The van der Waals surface area contributed by atoms with Crippen LogP contribution in [0.2, 0.25) is 0 Å². The smallest absolute Gasteiger partial charge is 0.336 e. The van der Waals surface area contributed by atoms with E-state index in [0.717, 1.165) is 9.13 Å². The van der Waals surface area contributed by atoms with Gasteiger partial charge in [0.1, 0.15) is 0 Å². The van der Waals surface area contributed by atoms with Gasteiger partial charge in [-0.1, -0.05) is 12.1 Å². The second-order valence-corrected chi connectivity index (χ2v) is 5.91. The Hall–Kier alpha value is -3.48. The van der Waals surface area contributed by atoms with E-state index >= 15 is 0 Å². The second-order valence-electron chi connectivity index (χ2n) is 5.91. The zero-order valence-corrected chi connectivity index (χ0v) is 14.1. The van der Waals surface area contributed by atoms with Gasteiger partial charge in [-0.05, 0) is 50.2 Å². The van der Waals surface area contributed by atoms with E-state index in [1.54, 1.807) is 12.1 Å². The molecule has 3 rings (SSSR count). The first-order valence-corrected chi connectivity index (χ1v) is 7.91. The summed E-state index contributed by atoms with van der Waals surface area (Å²) in [6, 6.07) is 11.0. The lowest BCUT2D eigenvalue weighted by atomic mass is 10.1. The van der Waals surface area contributed by atoms with Crippen LogP contribution in [0.3, 0.4) is 0 Å². The number of carboxylic acid groups (broad SMARTS) is 1. The molecular formula is C19H15N2O5-. The van der Waals surface area contributed by atoms with Crippen LogP contribution < -0.4 is 16.4 Å². The third-order valence-corrected chi connectivity index (χ3v) is 4.25. The molecule has 0 amide bonds. The van der Waals surface area contributed by atoms with E-state index in [1.807, 2.05) is 0 Å².